The highest BCUT2D eigenvalue weighted by molar-refractivity contribution is 5.82. The molecular weight excluding hydrogens is 346 g/mol. The number of nitrogens with zero attached hydrogens (tertiary/aromatic N) is 2. The number of benzene rings is 1. The number of hydrogen-bond acceptors (Lipinski definition) is 4. The van der Waals surface area contributed by atoms with Crippen LogP contribution in [0, 0.1) is 11.3 Å². The van der Waals surface area contributed by atoms with Crippen LogP contribution in [0.25, 0.3) is 0 Å². The maximum absolute atomic E-state index is 12.7. The second-order valence-electron chi connectivity index (χ2n) is 7.65. The SMILES string of the molecule is COc1ccc(CNC(=O)N2CC(C(=O)N(C)C)C3(CCOCC3)C2)cc1. The highest BCUT2D eigenvalue weighted by Crippen LogP contribution is 2.44. The van der Waals surface area contributed by atoms with Crippen molar-refractivity contribution in [3.63, 3.8) is 0 Å². The Morgan fingerprint density at radius 1 is 1.26 bits per heavy atom. The van der Waals surface area contributed by atoms with Crippen molar-refractivity contribution >= 4 is 11.9 Å². The van der Waals surface area contributed by atoms with Crippen LogP contribution in [0.3, 0.4) is 0 Å². The lowest BCUT2D eigenvalue weighted by Crippen LogP contribution is -2.44. The molecule has 7 heteroatoms. The van der Waals surface area contributed by atoms with Crippen LogP contribution >= 0.6 is 0 Å². The highest BCUT2D eigenvalue weighted by Gasteiger charge is 2.52. The van der Waals surface area contributed by atoms with E-state index in [1.807, 2.05) is 24.3 Å². The first-order valence-electron chi connectivity index (χ1n) is 9.40. The van der Waals surface area contributed by atoms with Gasteiger partial charge in [0.2, 0.25) is 5.91 Å². The molecule has 1 spiro atoms. The van der Waals surface area contributed by atoms with Crippen molar-refractivity contribution in [3.8, 4) is 5.75 Å². The molecule has 2 saturated heterocycles. The van der Waals surface area contributed by atoms with Gasteiger partial charge in [-0.2, -0.15) is 0 Å². The van der Waals surface area contributed by atoms with Gasteiger partial charge in [-0.15, -0.1) is 0 Å². The number of urea groups is 1. The smallest absolute Gasteiger partial charge is 0.317 e. The first kappa shape index (κ1) is 19.5. The van der Waals surface area contributed by atoms with Crippen molar-refractivity contribution in [2.45, 2.75) is 19.4 Å². The fraction of sp³-hybridized carbons (Fsp3) is 0.600. The second kappa shape index (κ2) is 8.17. The summed E-state index contributed by atoms with van der Waals surface area (Å²) in [5.41, 5.74) is 0.835. The van der Waals surface area contributed by atoms with E-state index in [4.69, 9.17) is 9.47 Å². The Bertz CT molecular complexity index is 668. The minimum atomic E-state index is -0.170. The fourth-order valence-electron chi connectivity index (χ4n) is 4.09. The van der Waals surface area contributed by atoms with Gasteiger partial charge in [0, 0.05) is 52.4 Å². The van der Waals surface area contributed by atoms with E-state index in [0.29, 0.717) is 32.8 Å². The quantitative estimate of drug-likeness (QED) is 0.870. The monoisotopic (exact) mass is 375 g/mol. The van der Waals surface area contributed by atoms with Crippen LogP contribution in [0.5, 0.6) is 5.75 Å². The van der Waals surface area contributed by atoms with Gasteiger partial charge in [-0.05, 0) is 30.5 Å². The Balaban J connectivity index is 1.65. The molecule has 1 aromatic carbocycles. The molecule has 1 atom stereocenters. The molecule has 0 aliphatic carbocycles. The number of carbonyl (C=O) groups excluding carboxylic acids is 2. The lowest BCUT2D eigenvalue weighted by atomic mass is 9.71. The molecule has 1 N–H and O–H groups in total. The van der Waals surface area contributed by atoms with Gasteiger partial charge in [0.25, 0.3) is 0 Å². The summed E-state index contributed by atoms with van der Waals surface area (Å²) in [6.45, 7) is 2.82. The number of amides is 3. The van der Waals surface area contributed by atoms with Gasteiger partial charge in [-0.1, -0.05) is 12.1 Å². The topological polar surface area (TPSA) is 71.1 Å². The molecule has 2 aliphatic heterocycles. The number of methoxy groups -OCH3 is 1. The Hall–Kier alpha value is -2.28. The van der Waals surface area contributed by atoms with Crippen LogP contribution in [0.2, 0.25) is 0 Å². The van der Waals surface area contributed by atoms with E-state index < -0.39 is 0 Å². The van der Waals surface area contributed by atoms with E-state index >= 15 is 0 Å². The number of hydrogen-bond donors (Lipinski definition) is 1. The number of rotatable bonds is 4. The molecular formula is C20H29N3O4. The van der Waals surface area contributed by atoms with Gasteiger partial charge in [0.15, 0.2) is 0 Å². The molecule has 0 saturated carbocycles. The van der Waals surface area contributed by atoms with Crippen molar-refractivity contribution in [2.75, 3.05) is 47.5 Å². The Kier molecular flexibility index (Phi) is 5.89. The van der Waals surface area contributed by atoms with Crippen molar-refractivity contribution in [2.24, 2.45) is 11.3 Å². The molecule has 148 valence electrons. The predicted octanol–water partition coefficient (Wildman–Crippen LogP) is 1.72. The largest absolute Gasteiger partial charge is 0.497 e. The first-order valence-corrected chi connectivity index (χ1v) is 9.40. The standard InChI is InChI=1S/C20H29N3O4/c1-22(2)18(24)17-13-23(14-20(17)8-10-27-11-9-20)19(25)21-12-15-4-6-16(26-3)7-5-15/h4-7,17H,8-14H2,1-3H3,(H,21,25). The summed E-state index contributed by atoms with van der Waals surface area (Å²) in [6, 6.07) is 7.49. The molecule has 3 amide bonds. The van der Waals surface area contributed by atoms with Crippen LogP contribution in [0.4, 0.5) is 4.79 Å². The summed E-state index contributed by atoms with van der Waals surface area (Å²) in [4.78, 5) is 28.9. The second-order valence-corrected chi connectivity index (χ2v) is 7.65. The zero-order valence-electron chi connectivity index (χ0n) is 16.4. The van der Waals surface area contributed by atoms with Crippen LogP contribution < -0.4 is 10.1 Å². The number of nitrogens with one attached hydrogen (secondary N) is 1. The third-order valence-corrected chi connectivity index (χ3v) is 5.77. The summed E-state index contributed by atoms with van der Waals surface area (Å²) in [5.74, 6) is 0.724. The average molecular weight is 375 g/mol. The third-order valence-electron chi connectivity index (χ3n) is 5.77. The molecule has 3 rings (SSSR count). The van der Waals surface area contributed by atoms with Crippen LogP contribution in [-0.2, 0) is 16.1 Å². The van der Waals surface area contributed by atoms with E-state index in [-0.39, 0.29) is 23.3 Å². The molecule has 2 fully saturated rings. The van der Waals surface area contributed by atoms with Crippen LogP contribution in [0.15, 0.2) is 24.3 Å². The highest BCUT2D eigenvalue weighted by atomic mass is 16.5. The van der Waals surface area contributed by atoms with E-state index in [0.717, 1.165) is 24.2 Å². The summed E-state index contributed by atoms with van der Waals surface area (Å²) in [7, 11) is 5.19. The number of carbonyl (C=O) groups is 2. The molecule has 2 aliphatic rings. The van der Waals surface area contributed by atoms with Gasteiger partial charge in [0.1, 0.15) is 5.75 Å². The van der Waals surface area contributed by atoms with E-state index in [1.165, 1.54) is 0 Å². The molecule has 27 heavy (non-hydrogen) atoms. The zero-order chi connectivity index (χ0) is 19.4. The minimum Gasteiger partial charge on any atom is -0.497 e. The molecule has 0 aromatic heterocycles. The molecule has 1 unspecified atom stereocenters. The Morgan fingerprint density at radius 2 is 1.93 bits per heavy atom. The zero-order valence-corrected chi connectivity index (χ0v) is 16.4. The fourth-order valence-corrected chi connectivity index (χ4v) is 4.09. The summed E-state index contributed by atoms with van der Waals surface area (Å²) in [6.07, 6.45) is 1.64. The lowest BCUT2D eigenvalue weighted by molar-refractivity contribution is -0.138. The normalized spacial score (nSPS) is 21.1. The lowest BCUT2D eigenvalue weighted by Gasteiger charge is -2.37. The average Bonchev–Trinajstić information content (AvgIpc) is 3.04. The summed E-state index contributed by atoms with van der Waals surface area (Å²) < 4.78 is 10.7. The van der Waals surface area contributed by atoms with Gasteiger partial charge < -0.3 is 24.6 Å². The molecule has 2 heterocycles. The molecule has 0 radical (unpaired) electrons. The van der Waals surface area contributed by atoms with Crippen LogP contribution in [-0.4, -0.2) is 69.2 Å². The Labute approximate surface area is 160 Å². The third kappa shape index (κ3) is 4.18. The van der Waals surface area contributed by atoms with Gasteiger partial charge in [-0.3, -0.25) is 4.79 Å². The van der Waals surface area contributed by atoms with Crippen molar-refractivity contribution in [3.05, 3.63) is 29.8 Å². The summed E-state index contributed by atoms with van der Waals surface area (Å²) >= 11 is 0. The van der Waals surface area contributed by atoms with Gasteiger partial charge >= 0.3 is 6.03 Å². The maximum Gasteiger partial charge on any atom is 0.317 e. The van der Waals surface area contributed by atoms with Gasteiger partial charge in [0.05, 0.1) is 13.0 Å². The van der Waals surface area contributed by atoms with Crippen molar-refractivity contribution in [1.29, 1.82) is 0 Å². The molecule has 1 aromatic rings. The van der Waals surface area contributed by atoms with Crippen molar-refractivity contribution < 1.29 is 19.1 Å². The number of likely N-dealkylation sites (tertiary alicyclic amines) is 1. The summed E-state index contributed by atoms with van der Waals surface area (Å²) in [5, 5.41) is 2.98. The maximum atomic E-state index is 12.7. The molecule has 7 nitrogen and oxygen atoms in total. The minimum absolute atomic E-state index is 0.0994. The number of ether oxygens (including phenoxy) is 2. The van der Waals surface area contributed by atoms with Crippen LogP contribution in [0.1, 0.15) is 18.4 Å². The Morgan fingerprint density at radius 3 is 2.52 bits per heavy atom. The van der Waals surface area contributed by atoms with Crippen molar-refractivity contribution in [1.82, 2.24) is 15.1 Å². The predicted molar refractivity (Wildman–Crippen MR) is 101 cm³/mol. The van der Waals surface area contributed by atoms with E-state index in [9.17, 15) is 9.59 Å². The first-order chi connectivity index (χ1) is 12.9. The van der Waals surface area contributed by atoms with E-state index in [1.54, 1.807) is 31.0 Å². The molecule has 0 bridgehead atoms. The van der Waals surface area contributed by atoms with Gasteiger partial charge in [-0.25, -0.2) is 4.79 Å². The van der Waals surface area contributed by atoms with E-state index in [2.05, 4.69) is 5.32 Å².